The molecular formula is C22H35NO7. The lowest BCUT2D eigenvalue weighted by Crippen LogP contribution is -2.41. The molecule has 0 fully saturated rings. The first-order valence-electron chi connectivity index (χ1n) is 10.4. The molecule has 2 N–H and O–H groups in total. The summed E-state index contributed by atoms with van der Waals surface area (Å²) >= 11 is 0. The molecule has 0 saturated heterocycles. The molecule has 0 bridgehead atoms. The second-order valence-corrected chi connectivity index (χ2v) is 7.31. The van der Waals surface area contributed by atoms with Crippen LogP contribution in [0, 0.1) is 10.3 Å². The van der Waals surface area contributed by atoms with Crippen LogP contribution in [0.3, 0.4) is 0 Å². The zero-order chi connectivity index (χ0) is 23.0. The number of ether oxygens (including phenoxy) is 1. The van der Waals surface area contributed by atoms with Gasteiger partial charge in [-0.25, -0.2) is 0 Å². The number of methoxy groups -OCH3 is 1. The lowest BCUT2D eigenvalue weighted by molar-refractivity contribution is -0.165. The van der Waals surface area contributed by atoms with Crippen LogP contribution < -0.4 is 4.74 Å². The second kappa shape index (κ2) is 15.2. The van der Waals surface area contributed by atoms with Crippen molar-refractivity contribution in [3.8, 4) is 5.75 Å². The van der Waals surface area contributed by atoms with E-state index in [1.165, 1.54) is 26.4 Å². The molecule has 0 amide bonds. The van der Waals surface area contributed by atoms with Crippen LogP contribution >= 0.6 is 0 Å². The van der Waals surface area contributed by atoms with Gasteiger partial charge in [0.25, 0.3) is 0 Å². The minimum atomic E-state index is -1.76. The van der Waals surface area contributed by atoms with Crippen molar-refractivity contribution >= 4 is 11.9 Å². The monoisotopic (exact) mass is 425 g/mol. The van der Waals surface area contributed by atoms with Crippen LogP contribution in [-0.4, -0.2) is 35.4 Å². The molecule has 1 aromatic rings. The van der Waals surface area contributed by atoms with E-state index >= 15 is 0 Å². The van der Waals surface area contributed by atoms with Crippen molar-refractivity contribution in [3.05, 3.63) is 34.7 Å². The Hall–Kier alpha value is -2.64. The molecule has 8 nitrogen and oxygen atoms in total. The Labute approximate surface area is 178 Å². The van der Waals surface area contributed by atoms with E-state index in [0.717, 1.165) is 12.8 Å². The fourth-order valence-electron chi connectivity index (χ4n) is 3.05. The highest BCUT2D eigenvalue weighted by atomic mass is 16.7. The van der Waals surface area contributed by atoms with Gasteiger partial charge in [0, 0.05) is 0 Å². The predicted octanol–water partition coefficient (Wildman–Crippen LogP) is 5.24. The molecule has 0 spiro atoms. The van der Waals surface area contributed by atoms with Gasteiger partial charge in [-0.1, -0.05) is 51.7 Å². The van der Waals surface area contributed by atoms with Crippen molar-refractivity contribution in [2.45, 2.75) is 78.2 Å². The Morgan fingerprint density at radius 3 is 2.07 bits per heavy atom. The predicted molar refractivity (Wildman–Crippen MR) is 114 cm³/mol. The fourth-order valence-corrected chi connectivity index (χ4v) is 3.05. The van der Waals surface area contributed by atoms with E-state index in [1.807, 2.05) is 6.92 Å². The summed E-state index contributed by atoms with van der Waals surface area (Å²) in [6.45, 7) is 5.81. The molecule has 1 aromatic carbocycles. The highest BCUT2D eigenvalue weighted by Gasteiger charge is 2.45. The average molecular weight is 426 g/mol. The number of rotatable bonds is 14. The van der Waals surface area contributed by atoms with Crippen molar-refractivity contribution in [2.24, 2.45) is 10.8 Å². The second-order valence-electron chi connectivity index (χ2n) is 7.31. The highest BCUT2D eigenvalue weighted by Crippen LogP contribution is 2.30. The molecule has 30 heavy (non-hydrogen) atoms. The molecule has 0 aliphatic carbocycles. The van der Waals surface area contributed by atoms with Crippen molar-refractivity contribution in [1.82, 2.24) is 0 Å². The number of hydrogen-bond donors (Lipinski definition) is 2. The Bertz CT molecular complexity index is 617. The van der Waals surface area contributed by atoms with E-state index in [4.69, 9.17) is 4.74 Å². The maximum Gasteiger partial charge on any atom is 0.321 e. The first kappa shape index (κ1) is 27.4. The van der Waals surface area contributed by atoms with Gasteiger partial charge in [-0.15, -0.1) is 4.91 Å². The standard InChI is InChI=1S/C14H18O5.C8H17NO2/c1-3-8-14(12(15)16,13(17)18)9-10-4-6-11(19-2)7-5-10;1-3-4-5-6-7-8(2)11-9-10/h4-7H,3,8-9H2,1-2H3,(H,15,16)(H,17,18);8H,3-7H2,1-2H3. The van der Waals surface area contributed by atoms with E-state index in [1.54, 1.807) is 31.2 Å². The largest absolute Gasteiger partial charge is 0.497 e. The average Bonchev–Trinajstić information content (AvgIpc) is 2.71. The smallest absolute Gasteiger partial charge is 0.321 e. The molecule has 8 heteroatoms. The van der Waals surface area contributed by atoms with Crippen molar-refractivity contribution in [1.29, 1.82) is 0 Å². The van der Waals surface area contributed by atoms with Crippen LogP contribution in [0.1, 0.15) is 71.3 Å². The third-order valence-corrected chi connectivity index (χ3v) is 4.85. The Kier molecular flexibility index (Phi) is 13.9. The van der Waals surface area contributed by atoms with Crippen LogP contribution in [0.2, 0.25) is 0 Å². The van der Waals surface area contributed by atoms with Gasteiger partial charge in [0.1, 0.15) is 11.9 Å². The lowest BCUT2D eigenvalue weighted by Gasteiger charge is -2.24. The van der Waals surface area contributed by atoms with Gasteiger partial charge in [0.15, 0.2) is 10.8 Å². The first-order chi connectivity index (χ1) is 14.3. The molecule has 1 rings (SSSR count). The molecule has 1 unspecified atom stereocenters. The van der Waals surface area contributed by atoms with Crippen LogP contribution in [0.5, 0.6) is 5.75 Å². The summed E-state index contributed by atoms with van der Waals surface area (Å²) in [4.78, 5) is 36.9. The number of carboxylic acids is 2. The molecule has 170 valence electrons. The fraction of sp³-hybridized carbons (Fsp3) is 0.636. The van der Waals surface area contributed by atoms with Crippen molar-refractivity contribution in [3.63, 3.8) is 0 Å². The zero-order valence-corrected chi connectivity index (χ0v) is 18.4. The number of hydrogen-bond acceptors (Lipinski definition) is 6. The molecule has 1 atom stereocenters. The summed E-state index contributed by atoms with van der Waals surface area (Å²) in [5, 5.41) is 20.9. The van der Waals surface area contributed by atoms with Crippen LogP contribution in [0.15, 0.2) is 29.6 Å². The maximum absolute atomic E-state index is 11.4. The molecule has 0 heterocycles. The molecule has 0 aliphatic rings. The number of carbonyl (C=O) groups is 2. The van der Waals surface area contributed by atoms with E-state index in [9.17, 15) is 24.7 Å². The highest BCUT2D eigenvalue weighted by molar-refractivity contribution is 5.98. The number of aliphatic carboxylic acids is 2. The van der Waals surface area contributed by atoms with Crippen molar-refractivity contribution in [2.75, 3.05) is 7.11 Å². The van der Waals surface area contributed by atoms with Gasteiger partial charge in [-0.05, 0) is 50.3 Å². The van der Waals surface area contributed by atoms with Gasteiger partial charge in [0.05, 0.1) is 7.11 Å². The summed E-state index contributed by atoms with van der Waals surface area (Å²) in [6.07, 6.45) is 6.35. The molecular weight excluding hydrogens is 390 g/mol. The van der Waals surface area contributed by atoms with Crippen LogP contribution in [-0.2, 0) is 20.8 Å². The quantitative estimate of drug-likeness (QED) is 0.181. The topological polar surface area (TPSA) is 122 Å². The Morgan fingerprint density at radius 2 is 1.63 bits per heavy atom. The number of benzene rings is 1. The van der Waals surface area contributed by atoms with Gasteiger partial charge >= 0.3 is 11.9 Å². The first-order valence-corrected chi connectivity index (χ1v) is 10.4. The molecule has 0 aliphatic heterocycles. The Morgan fingerprint density at radius 1 is 1.03 bits per heavy atom. The zero-order valence-electron chi connectivity index (χ0n) is 18.4. The van der Waals surface area contributed by atoms with E-state index in [-0.39, 0.29) is 18.9 Å². The summed E-state index contributed by atoms with van der Waals surface area (Å²) < 4.78 is 5.01. The SMILES string of the molecule is CCCC(Cc1ccc(OC)cc1)(C(=O)O)C(=O)O.CCCCCCC(C)ON=O. The van der Waals surface area contributed by atoms with E-state index < -0.39 is 17.4 Å². The minimum absolute atomic E-state index is 0.00986. The third-order valence-electron chi connectivity index (χ3n) is 4.85. The minimum Gasteiger partial charge on any atom is -0.497 e. The summed E-state index contributed by atoms with van der Waals surface area (Å²) in [7, 11) is 1.53. The maximum atomic E-state index is 11.4. The number of nitrogens with zero attached hydrogens (tertiary/aromatic N) is 1. The van der Waals surface area contributed by atoms with Gasteiger partial charge < -0.3 is 19.8 Å². The summed E-state index contributed by atoms with van der Waals surface area (Å²) in [6, 6.07) is 6.76. The number of unbranched alkanes of at least 4 members (excludes halogenated alkanes) is 3. The van der Waals surface area contributed by atoms with Gasteiger partial charge in [0.2, 0.25) is 0 Å². The van der Waals surface area contributed by atoms with Gasteiger partial charge in [-0.2, -0.15) is 0 Å². The van der Waals surface area contributed by atoms with E-state index in [2.05, 4.69) is 17.1 Å². The molecule has 0 aromatic heterocycles. The van der Waals surface area contributed by atoms with Crippen molar-refractivity contribution < 1.29 is 29.4 Å². The summed E-state index contributed by atoms with van der Waals surface area (Å²) in [5.41, 5.74) is -1.09. The number of carboxylic acid groups (broad SMARTS) is 2. The third kappa shape index (κ3) is 9.71. The van der Waals surface area contributed by atoms with Crippen LogP contribution in [0.25, 0.3) is 0 Å². The summed E-state index contributed by atoms with van der Waals surface area (Å²) in [5.74, 6) is -1.94. The van der Waals surface area contributed by atoms with Crippen LogP contribution in [0.4, 0.5) is 0 Å². The molecule has 0 saturated carbocycles. The lowest BCUT2D eigenvalue weighted by atomic mass is 9.78. The Balaban J connectivity index is 0.000000654. The van der Waals surface area contributed by atoms with E-state index in [0.29, 0.717) is 17.7 Å². The molecule has 0 radical (unpaired) electrons. The normalized spacial score (nSPS) is 11.6. The van der Waals surface area contributed by atoms with Gasteiger partial charge in [-0.3, -0.25) is 9.59 Å².